The van der Waals surface area contributed by atoms with Crippen LogP contribution >= 0.6 is 23.5 Å². The highest BCUT2D eigenvalue weighted by atomic mass is 31.2. The molecule has 0 heterocycles. The minimum absolute atomic E-state index is 0.184. The smallest absolute Gasteiger partial charge is 0.404 e. The van der Waals surface area contributed by atoms with Crippen molar-refractivity contribution in [2.24, 2.45) is 0 Å². The quantitative estimate of drug-likeness (QED) is 0.0558. The van der Waals surface area contributed by atoms with E-state index in [1.54, 1.807) is 152 Å². The number of hydrogen-bond acceptors (Lipinski definition) is 12. The van der Waals surface area contributed by atoms with Gasteiger partial charge >= 0.3 is 23.5 Å². The first-order valence-electron chi connectivity index (χ1n) is 14.9. The maximum absolute atomic E-state index is 13.8. The molecule has 0 unspecified atom stereocenters. The van der Waals surface area contributed by atoms with Gasteiger partial charge in [0.25, 0.3) is 0 Å². The molecule has 0 radical (unpaired) electrons. The Kier molecular flexibility index (Phi) is 13.1. The molecule has 256 valence electrons. The van der Waals surface area contributed by atoms with E-state index in [9.17, 15) is 13.7 Å². The second kappa shape index (κ2) is 17.9. The summed E-state index contributed by atoms with van der Waals surface area (Å²) in [5, 5.41) is 0. The van der Waals surface area contributed by atoms with Crippen LogP contribution in [0, 0.1) is 0 Å². The Balaban J connectivity index is 1.22. The monoisotopic (exact) mass is 726 g/mol. The second-order valence-electron chi connectivity index (χ2n) is 9.70. The summed E-state index contributed by atoms with van der Waals surface area (Å²) in [5.41, 5.74) is 0. The SMILES string of the molecule is O=P(OCCOP(=O)(Oc1ccccc1)Oc1ccccc1)(OCCOP(=O)(Oc1ccccc1)Oc1ccccc1)Oc1ccccc1. The van der Waals surface area contributed by atoms with Crippen molar-refractivity contribution in [3.8, 4) is 28.7 Å². The van der Waals surface area contributed by atoms with E-state index in [1.807, 2.05) is 0 Å². The number of rotatable bonds is 20. The molecule has 0 amide bonds. The van der Waals surface area contributed by atoms with E-state index < -0.39 is 49.9 Å². The lowest BCUT2D eigenvalue weighted by molar-refractivity contribution is 0.104. The van der Waals surface area contributed by atoms with Crippen LogP contribution < -0.4 is 22.6 Å². The Labute approximate surface area is 284 Å². The largest absolute Gasteiger partial charge is 0.587 e. The highest BCUT2D eigenvalue weighted by Crippen LogP contribution is 2.53. The highest BCUT2D eigenvalue weighted by Gasteiger charge is 2.35. The van der Waals surface area contributed by atoms with Gasteiger partial charge < -0.3 is 22.6 Å². The zero-order chi connectivity index (χ0) is 34.3. The predicted octanol–water partition coefficient (Wildman–Crippen LogP) is 9.77. The van der Waals surface area contributed by atoms with Crippen LogP contribution in [-0.2, 0) is 31.8 Å². The van der Waals surface area contributed by atoms with Gasteiger partial charge in [0.2, 0.25) is 0 Å². The van der Waals surface area contributed by atoms with E-state index in [-0.39, 0.29) is 28.7 Å². The molecule has 0 aliphatic heterocycles. The molecule has 0 aromatic heterocycles. The molecule has 5 aromatic carbocycles. The fraction of sp³-hybridized carbons (Fsp3) is 0.118. The van der Waals surface area contributed by atoms with Crippen LogP contribution in [0.1, 0.15) is 0 Å². The van der Waals surface area contributed by atoms with E-state index in [2.05, 4.69) is 0 Å². The Morgan fingerprint density at radius 2 is 0.469 bits per heavy atom. The summed E-state index contributed by atoms with van der Waals surface area (Å²) in [6.07, 6.45) is 0. The van der Waals surface area contributed by atoms with Crippen LogP contribution in [0.25, 0.3) is 0 Å². The van der Waals surface area contributed by atoms with Crippen molar-refractivity contribution < 1.29 is 54.4 Å². The van der Waals surface area contributed by atoms with Gasteiger partial charge in [-0.1, -0.05) is 91.0 Å². The van der Waals surface area contributed by atoms with E-state index in [4.69, 9.17) is 40.7 Å². The van der Waals surface area contributed by atoms with Crippen LogP contribution in [0.4, 0.5) is 0 Å². The maximum Gasteiger partial charge on any atom is 0.587 e. The Hall–Kier alpha value is -4.37. The molecule has 0 atom stereocenters. The molecule has 12 nitrogen and oxygen atoms in total. The lowest BCUT2D eigenvalue weighted by Crippen LogP contribution is -2.13. The molecule has 0 N–H and O–H groups in total. The van der Waals surface area contributed by atoms with E-state index >= 15 is 0 Å². The summed E-state index contributed by atoms with van der Waals surface area (Å²) < 4.78 is 91.0. The number of benzene rings is 5. The highest BCUT2D eigenvalue weighted by molar-refractivity contribution is 7.50. The first-order chi connectivity index (χ1) is 23.8. The predicted molar refractivity (Wildman–Crippen MR) is 182 cm³/mol. The molecule has 0 spiro atoms. The molecule has 15 heteroatoms. The fourth-order valence-corrected chi connectivity index (χ4v) is 7.44. The Bertz CT molecular complexity index is 1630. The molecule has 0 saturated heterocycles. The van der Waals surface area contributed by atoms with Gasteiger partial charge in [0.1, 0.15) is 28.7 Å². The lowest BCUT2D eigenvalue weighted by atomic mass is 10.3. The average Bonchev–Trinajstić information content (AvgIpc) is 3.11. The topological polar surface area (TPSA) is 134 Å². The van der Waals surface area contributed by atoms with Gasteiger partial charge in [0.05, 0.1) is 26.4 Å². The molecule has 5 aromatic rings. The van der Waals surface area contributed by atoms with Crippen LogP contribution in [0.15, 0.2) is 152 Å². The zero-order valence-electron chi connectivity index (χ0n) is 26.0. The van der Waals surface area contributed by atoms with Gasteiger partial charge in [-0.2, -0.15) is 0 Å². The summed E-state index contributed by atoms with van der Waals surface area (Å²) in [4.78, 5) is 0. The summed E-state index contributed by atoms with van der Waals surface area (Å²) in [7, 11) is -12.9. The molecule has 0 aliphatic rings. The standard InChI is InChI=1S/C34H33O12P3/c35-47(42-30-16-6-1-7-17-30,38-26-28-40-48(36,43-31-18-8-2-9-19-31)44-32-20-10-3-11-21-32)39-27-29-41-49(37,45-33-22-12-4-13-23-33)46-34-24-14-5-15-25-34/h1-25H,26-29H2. The third-order valence-corrected chi connectivity index (χ3v) is 10.1. The average molecular weight is 727 g/mol. The van der Waals surface area contributed by atoms with E-state index in [0.29, 0.717) is 0 Å². The molecule has 49 heavy (non-hydrogen) atoms. The van der Waals surface area contributed by atoms with Crippen molar-refractivity contribution in [1.29, 1.82) is 0 Å². The molecular weight excluding hydrogens is 693 g/mol. The minimum Gasteiger partial charge on any atom is -0.404 e. The van der Waals surface area contributed by atoms with Gasteiger partial charge in [-0.15, -0.1) is 0 Å². The van der Waals surface area contributed by atoms with Crippen LogP contribution in [0.2, 0.25) is 0 Å². The van der Waals surface area contributed by atoms with Crippen molar-refractivity contribution in [2.45, 2.75) is 0 Å². The van der Waals surface area contributed by atoms with Gasteiger partial charge in [-0.05, 0) is 60.7 Å². The Morgan fingerprint density at radius 1 is 0.286 bits per heavy atom. The second-order valence-corrected chi connectivity index (χ2v) is 14.3. The number of hydrogen-bond donors (Lipinski definition) is 0. The van der Waals surface area contributed by atoms with Crippen LogP contribution in [0.3, 0.4) is 0 Å². The summed E-state index contributed by atoms with van der Waals surface area (Å²) in [5.74, 6) is 1.16. The van der Waals surface area contributed by atoms with E-state index in [1.165, 1.54) is 0 Å². The molecule has 0 saturated carbocycles. The Morgan fingerprint density at radius 3 is 0.694 bits per heavy atom. The third-order valence-electron chi connectivity index (χ3n) is 5.97. The number of phosphoric acid groups is 3. The fourth-order valence-electron chi connectivity index (χ4n) is 3.88. The van der Waals surface area contributed by atoms with Crippen molar-refractivity contribution in [3.63, 3.8) is 0 Å². The first kappa shape index (κ1) is 35.9. The van der Waals surface area contributed by atoms with Gasteiger partial charge in [-0.25, -0.2) is 13.7 Å². The summed E-state index contributed by atoms with van der Waals surface area (Å²) in [6.45, 7) is -1.63. The van der Waals surface area contributed by atoms with Crippen LogP contribution in [0.5, 0.6) is 28.7 Å². The third kappa shape index (κ3) is 12.2. The van der Waals surface area contributed by atoms with E-state index in [0.717, 1.165) is 0 Å². The number of phosphoric ester groups is 3. The van der Waals surface area contributed by atoms with Crippen molar-refractivity contribution in [1.82, 2.24) is 0 Å². The molecule has 5 rings (SSSR count). The van der Waals surface area contributed by atoms with Crippen molar-refractivity contribution in [2.75, 3.05) is 26.4 Å². The molecular formula is C34H33O12P3. The van der Waals surface area contributed by atoms with Crippen molar-refractivity contribution >= 4 is 23.5 Å². The van der Waals surface area contributed by atoms with Crippen LogP contribution in [-0.4, -0.2) is 26.4 Å². The minimum atomic E-state index is -4.37. The van der Waals surface area contributed by atoms with Gasteiger partial charge in [0, 0.05) is 0 Å². The number of para-hydroxylation sites is 5. The summed E-state index contributed by atoms with van der Waals surface area (Å²) >= 11 is 0. The first-order valence-corrected chi connectivity index (χ1v) is 19.3. The van der Waals surface area contributed by atoms with Gasteiger partial charge in [-0.3, -0.25) is 18.1 Å². The van der Waals surface area contributed by atoms with Crippen molar-refractivity contribution in [3.05, 3.63) is 152 Å². The lowest BCUT2D eigenvalue weighted by Gasteiger charge is -2.22. The van der Waals surface area contributed by atoms with Gasteiger partial charge in [0.15, 0.2) is 0 Å². The normalized spacial score (nSPS) is 11.8. The zero-order valence-corrected chi connectivity index (χ0v) is 28.7. The maximum atomic E-state index is 13.8. The molecule has 0 bridgehead atoms. The molecule has 0 aliphatic carbocycles. The molecule has 0 fully saturated rings. The summed E-state index contributed by atoms with van der Waals surface area (Å²) in [6, 6.07) is 41.6.